The van der Waals surface area contributed by atoms with E-state index in [1.807, 2.05) is 79.0 Å². The molecule has 4 heterocycles. The molecule has 0 saturated heterocycles. The van der Waals surface area contributed by atoms with E-state index in [9.17, 15) is 0 Å². The molecule has 0 unspecified atom stereocenters. The molecule has 228 valence electrons. The van der Waals surface area contributed by atoms with Gasteiger partial charge in [0.15, 0.2) is 0 Å². The van der Waals surface area contributed by atoms with Gasteiger partial charge in [0.2, 0.25) is 11.9 Å². The van der Waals surface area contributed by atoms with E-state index in [4.69, 9.17) is 11.6 Å². The van der Waals surface area contributed by atoms with Crippen molar-refractivity contribution in [1.82, 2.24) is 39.5 Å². The van der Waals surface area contributed by atoms with Crippen molar-refractivity contribution in [2.24, 2.45) is 5.92 Å². The second kappa shape index (κ2) is 14.5. The molecule has 2 N–H and O–H groups in total. The van der Waals surface area contributed by atoms with Gasteiger partial charge in [-0.05, 0) is 61.6 Å². The molecule has 0 aliphatic heterocycles. The van der Waals surface area contributed by atoms with E-state index in [0.29, 0.717) is 17.0 Å². The summed E-state index contributed by atoms with van der Waals surface area (Å²) in [6, 6.07) is 27.3. The van der Waals surface area contributed by atoms with Gasteiger partial charge < -0.3 is 15.5 Å². The molecule has 0 amide bonds. The SMILES string of the molecule is CCCN(CC1CC1)c1cc(-n2cnc(Nc3ccccc3)n2)ccn1.Clc1cc(-n2cnc(Nc3ccccc3)n2)ccn1. The van der Waals surface area contributed by atoms with Crippen LogP contribution in [0, 0.1) is 5.92 Å². The maximum absolute atomic E-state index is 5.84. The molecule has 1 fully saturated rings. The number of benzene rings is 2. The minimum absolute atomic E-state index is 0.422. The molecular weight excluding hydrogens is 586 g/mol. The average molecular weight is 620 g/mol. The van der Waals surface area contributed by atoms with Gasteiger partial charge >= 0.3 is 0 Å². The third kappa shape index (κ3) is 8.42. The van der Waals surface area contributed by atoms with Gasteiger partial charge in [-0.15, -0.1) is 10.2 Å². The predicted molar refractivity (Wildman–Crippen MR) is 178 cm³/mol. The second-order valence-corrected chi connectivity index (χ2v) is 11.0. The largest absolute Gasteiger partial charge is 0.356 e. The predicted octanol–water partition coefficient (Wildman–Crippen LogP) is 7.09. The first kappa shape index (κ1) is 29.8. The third-order valence-electron chi connectivity index (χ3n) is 7.00. The lowest BCUT2D eigenvalue weighted by Gasteiger charge is -2.23. The van der Waals surface area contributed by atoms with Crippen LogP contribution in [0.1, 0.15) is 26.2 Å². The Morgan fingerprint density at radius 1 is 0.733 bits per heavy atom. The molecule has 0 atom stereocenters. The molecular formula is C33H34ClN11. The van der Waals surface area contributed by atoms with Crippen LogP contribution in [0.3, 0.4) is 0 Å². The zero-order chi connectivity index (χ0) is 30.8. The molecule has 4 aromatic heterocycles. The Balaban J connectivity index is 0.000000167. The molecule has 0 radical (unpaired) electrons. The van der Waals surface area contributed by atoms with E-state index in [1.165, 1.54) is 12.8 Å². The van der Waals surface area contributed by atoms with Gasteiger partial charge in [-0.3, -0.25) is 0 Å². The van der Waals surface area contributed by atoms with Gasteiger partial charge in [0, 0.05) is 49.0 Å². The number of nitrogens with zero attached hydrogens (tertiary/aromatic N) is 9. The lowest BCUT2D eigenvalue weighted by molar-refractivity contribution is 0.698. The fourth-order valence-electron chi connectivity index (χ4n) is 4.63. The number of nitrogens with one attached hydrogen (secondary N) is 2. The standard InChI is InChI=1S/C20H24N6.C13H10ClN5/c1-2-12-25(14-16-8-9-16)19-13-18(10-11-21-19)26-15-22-20(24-26)23-17-6-4-3-5-7-17;14-12-8-11(6-7-15-12)19-9-16-13(18-19)17-10-4-2-1-3-5-10/h3-7,10-11,13,15-16H,2,8-9,12,14H2,1H3,(H,23,24);1-9H,(H,17,18). The first-order chi connectivity index (χ1) is 22.1. The Labute approximate surface area is 267 Å². The van der Waals surface area contributed by atoms with E-state index in [0.717, 1.165) is 54.0 Å². The Morgan fingerprint density at radius 3 is 1.82 bits per heavy atom. The van der Waals surface area contributed by atoms with Crippen LogP contribution in [-0.4, -0.2) is 52.6 Å². The quantitative estimate of drug-likeness (QED) is 0.147. The van der Waals surface area contributed by atoms with Gasteiger partial charge in [-0.25, -0.2) is 19.3 Å². The van der Waals surface area contributed by atoms with Crippen LogP contribution in [0.2, 0.25) is 5.15 Å². The zero-order valence-electron chi connectivity index (χ0n) is 24.9. The van der Waals surface area contributed by atoms with Crippen LogP contribution in [0.4, 0.5) is 29.1 Å². The highest BCUT2D eigenvalue weighted by atomic mass is 35.5. The number of para-hydroxylation sites is 2. The Bertz CT molecular complexity index is 1790. The summed E-state index contributed by atoms with van der Waals surface area (Å²) in [5.41, 5.74) is 3.70. The molecule has 7 rings (SSSR count). The third-order valence-corrected chi connectivity index (χ3v) is 7.21. The molecule has 1 aliphatic carbocycles. The Kier molecular flexibility index (Phi) is 9.56. The number of hydrogen-bond acceptors (Lipinski definition) is 9. The van der Waals surface area contributed by atoms with E-state index < -0.39 is 0 Å². The maximum Gasteiger partial charge on any atom is 0.246 e. The van der Waals surface area contributed by atoms with E-state index in [2.05, 4.69) is 58.7 Å². The minimum Gasteiger partial charge on any atom is -0.356 e. The van der Waals surface area contributed by atoms with Gasteiger partial charge in [0.05, 0.1) is 11.4 Å². The minimum atomic E-state index is 0.422. The van der Waals surface area contributed by atoms with Crippen LogP contribution in [-0.2, 0) is 0 Å². The fourth-order valence-corrected chi connectivity index (χ4v) is 4.80. The van der Waals surface area contributed by atoms with Crippen molar-refractivity contribution in [3.63, 3.8) is 0 Å². The highest BCUT2D eigenvalue weighted by molar-refractivity contribution is 6.29. The molecule has 1 aliphatic rings. The number of aromatic nitrogens is 8. The van der Waals surface area contributed by atoms with Gasteiger partial charge in [-0.2, -0.15) is 9.97 Å². The number of hydrogen-bond donors (Lipinski definition) is 2. The van der Waals surface area contributed by atoms with E-state index in [-0.39, 0.29) is 0 Å². The van der Waals surface area contributed by atoms with Crippen LogP contribution in [0.25, 0.3) is 11.4 Å². The summed E-state index contributed by atoms with van der Waals surface area (Å²) in [5, 5.41) is 15.6. The zero-order valence-corrected chi connectivity index (χ0v) is 25.7. The topological polar surface area (TPSA) is 114 Å². The van der Waals surface area contributed by atoms with Crippen molar-refractivity contribution in [3.8, 4) is 11.4 Å². The Morgan fingerprint density at radius 2 is 1.29 bits per heavy atom. The summed E-state index contributed by atoms with van der Waals surface area (Å²) in [6.07, 6.45) is 10.6. The summed E-state index contributed by atoms with van der Waals surface area (Å²) in [6.45, 7) is 4.34. The van der Waals surface area contributed by atoms with Crippen molar-refractivity contribution in [3.05, 3.63) is 115 Å². The lowest BCUT2D eigenvalue weighted by Crippen LogP contribution is -2.27. The van der Waals surface area contributed by atoms with E-state index in [1.54, 1.807) is 34.3 Å². The molecule has 45 heavy (non-hydrogen) atoms. The average Bonchev–Trinajstić information content (AvgIpc) is 3.56. The van der Waals surface area contributed by atoms with Crippen molar-refractivity contribution in [2.75, 3.05) is 28.6 Å². The van der Waals surface area contributed by atoms with Crippen molar-refractivity contribution >= 4 is 40.7 Å². The Hall–Kier alpha value is -5.29. The number of halogens is 1. The van der Waals surface area contributed by atoms with Gasteiger partial charge in [0.25, 0.3) is 0 Å². The summed E-state index contributed by atoms with van der Waals surface area (Å²) in [5.74, 6) is 2.96. The molecule has 0 spiro atoms. The molecule has 6 aromatic rings. The van der Waals surface area contributed by atoms with Crippen molar-refractivity contribution in [1.29, 1.82) is 0 Å². The highest BCUT2D eigenvalue weighted by Gasteiger charge is 2.24. The number of rotatable bonds is 11. The molecule has 11 nitrogen and oxygen atoms in total. The van der Waals surface area contributed by atoms with Gasteiger partial charge in [0.1, 0.15) is 23.6 Å². The number of pyridine rings is 2. The van der Waals surface area contributed by atoms with E-state index >= 15 is 0 Å². The normalized spacial score (nSPS) is 12.2. The molecule has 12 heteroatoms. The van der Waals surface area contributed by atoms with Crippen LogP contribution >= 0.6 is 11.6 Å². The highest BCUT2D eigenvalue weighted by Crippen LogP contribution is 2.31. The van der Waals surface area contributed by atoms with Crippen LogP contribution < -0.4 is 15.5 Å². The molecule has 1 saturated carbocycles. The maximum atomic E-state index is 5.84. The fraction of sp³-hybridized carbons (Fsp3) is 0.212. The van der Waals surface area contributed by atoms with Crippen LogP contribution in [0.15, 0.2) is 110 Å². The second-order valence-electron chi connectivity index (χ2n) is 10.6. The number of anilines is 5. The lowest BCUT2D eigenvalue weighted by atomic mass is 10.3. The first-order valence-electron chi connectivity index (χ1n) is 14.9. The van der Waals surface area contributed by atoms with Crippen molar-refractivity contribution < 1.29 is 0 Å². The van der Waals surface area contributed by atoms with Gasteiger partial charge in [-0.1, -0.05) is 54.9 Å². The summed E-state index contributed by atoms with van der Waals surface area (Å²) in [4.78, 5) is 19.5. The molecule has 0 bridgehead atoms. The smallest absolute Gasteiger partial charge is 0.246 e. The summed E-state index contributed by atoms with van der Waals surface area (Å²) >= 11 is 5.84. The summed E-state index contributed by atoms with van der Waals surface area (Å²) in [7, 11) is 0. The summed E-state index contributed by atoms with van der Waals surface area (Å²) < 4.78 is 3.43. The van der Waals surface area contributed by atoms with Crippen molar-refractivity contribution in [2.45, 2.75) is 26.2 Å². The first-order valence-corrected chi connectivity index (χ1v) is 15.3. The van der Waals surface area contributed by atoms with Crippen LogP contribution in [0.5, 0.6) is 0 Å². The monoisotopic (exact) mass is 619 g/mol. The molecule has 2 aromatic carbocycles.